The van der Waals surface area contributed by atoms with Crippen LogP contribution in [0.15, 0.2) is 48.5 Å². The van der Waals surface area contributed by atoms with Crippen molar-refractivity contribution >= 4 is 23.2 Å². The molecule has 0 spiro atoms. The highest BCUT2D eigenvalue weighted by Crippen LogP contribution is 2.26. The smallest absolute Gasteiger partial charge is 0.0943 e. The largest absolute Gasteiger partial charge is 0.387 e. The molecule has 2 rings (SSSR count). The van der Waals surface area contributed by atoms with Crippen LogP contribution in [-0.4, -0.2) is 11.1 Å². The zero-order valence-electron chi connectivity index (χ0n) is 11.8. The fraction of sp³-hybridized carbons (Fsp3) is 0.294. The Balaban J connectivity index is 2.06. The van der Waals surface area contributed by atoms with E-state index in [2.05, 4.69) is 0 Å². The zero-order valence-corrected chi connectivity index (χ0v) is 13.4. The van der Waals surface area contributed by atoms with E-state index in [1.165, 1.54) is 0 Å². The number of aliphatic hydroxyl groups excluding tert-OH is 1. The third kappa shape index (κ3) is 4.21. The molecule has 0 radical (unpaired) electrons. The van der Waals surface area contributed by atoms with E-state index in [1.54, 1.807) is 24.3 Å². The summed E-state index contributed by atoms with van der Waals surface area (Å²) >= 11 is 12.0. The van der Waals surface area contributed by atoms with Crippen LogP contribution in [0.3, 0.4) is 0 Å². The number of hydrogen-bond donors (Lipinski definition) is 2. The summed E-state index contributed by atoms with van der Waals surface area (Å²) in [5.74, 6) is 0.0931. The fourth-order valence-corrected chi connectivity index (χ4v) is 2.68. The zero-order chi connectivity index (χ0) is 15.4. The van der Waals surface area contributed by atoms with Crippen LogP contribution in [0, 0.1) is 5.92 Å². The molecule has 3 atom stereocenters. The van der Waals surface area contributed by atoms with Crippen LogP contribution in [0.5, 0.6) is 0 Å². The highest BCUT2D eigenvalue weighted by molar-refractivity contribution is 6.31. The monoisotopic (exact) mass is 323 g/mol. The SMILES string of the molecule is CC(Cc1ccccc1Cl)[C@@H](N)[C@H](O)c1ccc(Cl)cc1. The van der Waals surface area contributed by atoms with Crippen LogP contribution >= 0.6 is 23.2 Å². The van der Waals surface area contributed by atoms with Crippen molar-refractivity contribution in [1.29, 1.82) is 0 Å². The van der Waals surface area contributed by atoms with E-state index in [-0.39, 0.29) is 12.0 Å². The Labute approximate surface area is 135 Å². The van der Waals surface area contributed by atoms with E-state index in [0.717, 1.165) is 22.6 Å². The summed E-state index contributed by atoms with van der Waals surface area (Å²) in [7, 11) is 0. The molecule has 21 heavy (non-hydrogen) atoms. The van der Waals surface area contributed by atoms with Crippen LogP contribution in [0.1, 0.15) is 24.2 Å². The molecule has 0 aliphatic carbocycles. The molecule has 0 fully saturated rings. The molecule has 0 aromatic heterocycles. The van der Waals surface area contributed by atoms with Crippen molar-refractivity contribution in [2.75, 3.05) is 0 Å². The van der Waals surface area contributed by atoms with Crippen molar-refractivity contribution in [3.63, 3.8) is 0 Å². The molecular formula is C17H19Cl2NO. The van der Waals surface area contributed by atoms with Crippen molar-refractivity contribution in [3.8, 4) is 0 Å². The molecule has 2 aromatic carbocycles. The van der Waals surface area contributed by atoms with Gasteiger partial charge in [0.25, 0.3) is 0 Å². The average molecular weight is 324 g/mol. The number of benzene rings is 2. The molecule has 1 unspecified atom stereocenters. The van der Waals surface area contributed by atoms with Crippen LogP contribution in [0.25, 0.3) is 0 Å². The summed E-state index contributed by atoms with van der Waals surface area (Å²) in [6, 6.07) is 14.4. The Bertz CT molecular complexity index is 586. The third-order valence-electron chi connectivity index (χ3n) is 3.73. The van der Waals surface area contributed by atoms with Gasteiger partial charge in [0.2, 0.25) is 0 Å². The maximum atomic E-state index is 10.4. The molecule has 0 saturated heterocycles. The molecule has 0 amide bonds. The van der Waals surface area contributed by atoms with Gasteiger partial charge in [0.15, 0.2) is 0 Å². The Kier molecular flexibility index (Phi) is 5.65. The van der Waals surface area contributed by atoms with Gasteiger partial charge in [0.05, 0.1) is 6.10 Å². The Morgan fingerprint density at radius 2 is 1.67 bits per heavy atom. The van der Waals surface area contributed by atoms with Crippen molar-refractivity contribution in [2.24, 2.45) is 11.7 Å². The Morgan fingerprint density at radius 1 is 1.05 bits per heavy atom. The molecule has 2 nitrogen and oxygen atoms in total. The van der Waals surface area contributed by atoms with Crippen LogP contribution in [0.4, 0.5) is 0 Å². The molecule has 0 heterocycles. The molecule has 0 bridgehead atoms. The predicted molar refractivity (Wildman–Crippen MR) is 88.7 cm³/mol. The maximum Gasteiger partial charge on any atom is 0.0943 e. The Hall–Kier alpha value is -1.06. The first-order valence-corrected chi connectivity index (χ1v) is 7.67. The summed E-state index contributed by atoms with van der Waals surface area (Å²) in [4.78, 5) is 0. The summed E-state index contributed by atoms with van der Waals surface area (Å²) < 4.78 is 0. The van der Waals surface area contributed by atoms with E-state index < -0.39 is 6.10 Å². The lowest BCUT2D eigenvalue weighted by atomic mass is 9.88. The number of halogens is 2. The third-order valence-corrected chi connectivity index (χ3v) is 4.35. The molecule has 0 aliphatic heterocycles. The van der Waals surface area contributed by atoms with E-state index in [4.69, 9.17) is 28.9 Å². The van der Waals surface area contributed by atoms with E-state index in [1.807, 2.05) is 31.2 Å². The molecule has 0 saturated carbocycles. The lowest BCUT2D eigenvalue weighted by Crippen LogP contribution is -2.36. The first kappa shape index (κ1) is 16.3. The highest BCUT2D eigenvalue weighted by atomic mass is 35.5. The summed E-state index contributed by atoms with van der Waals surface area (Å²) in [6.07, 6.45) is 0.00522. The van der Waals surface area contributed by atoms with Crippen LogP contribution in [0.2, 0.25) is 10.0 Å². The van der Waals surface area contributed by atoms with Gasteiger partial charge in [-0.2, -0.15) is 0 Å². The van der Waals surface area contributed by atoms with Gasteiger partial charge < -0.3 is 10.8 Å². The molecule has 3 N–H and O–H groups in total. The second-order valence-corrected chi connectivity index (χ2v) is 6.19. The van der Waals surface area contributed by atoms with Gasteiger partial charge in [-0.25, -0.2) is 0 Å². The second-order valence-electron chi connectivity index (χ2n) is 5.35. The quantitative estimate of drug-likeness (QED) is 0.864. The average Bonchev–Trinajstić information content (AvgIpc) is 2.49. The minimum atomic E-state index is -0.722. The van der Waals surface area contributed by atoms with Gasteiger partial charge in [0.1, 0.15) is 0 Å². The molecular weight excluding hydrogens is 305 g/mol. The van der Waals surface area contributed by atoms with Gasteiger partial charge in [-0.3, -0.25) is 0 Å². The van der Waals surface area contributed by atoms with Crippen LogP contribution in [-0.2, 0) is 6.42 Å². The first-order chi connectivity index (χ1) is 9.99. The van der Waals surface area contributed by atoms with Gasteiger partial charge in [0, 0.05) is 16.1 Å². The summed E-state index contributed by atoms with van der Waals surface area (Å²) in [6.45, 7) is 2.02. The number of hydrogen-bond acceptors (Lipinski definition) is 2. The molecule has 112 valence electrons. The maximum absolute atomic E-state index is 10.4. The standard InChI is InChI=1S/C17H19Cl2NO/c1-11(10-13-4-2-3-5-15(13)19)16(20)17(21)12-6-8-14(18)9-7-12/h2-9,11,16-17,21H,10,20H2,1H3/t11?,16-,17-/m1/s1. The predicted octanol–water partition coefficient (Wildman–Crippen LogP) is 4.23. The fourth-order valence-electron chi connectivity index (χ4n) is 2.34. The first-order valence-electron chi connectivity index (χ1n) is 6.91. The minimum Gasteiger partial charge on any atom is -0.387 e. The Morgan fingerprint density at radius 3 is 2.29 bits per heavy atom. The van der Waals surface area contributed by atoms with Crippen molar-refractivity contribution in [2.45, 2.75) is 25.5 Å². The number of nitrogens with two attached hydrogens (primary N) is 1. The lowest BCUT2D eigenvalue weighted by molar-refractivity contribution is 0.121. The number of rotatable bonds is 5. The normalized spacial score (nSPS) is 15.5. The lowest BCUT2D eigenvalue weighted by Gasteiger charge is -2.25. The van der Waals surface area contributed by atoms with E-state index >= 15 is 0 Å². The van der Waals surface area contributed by atoms with E-state index in [0.29, 0.717) is 5.02 Å². The van der Waals surface area contributed by atoms with Crippen molar-refractivity contribution in [1.82, 2.24) is 0 Å². The van der Waals surface area contributed by atoms with E-state index in [9.17, 15) is 5.11 Å². The molecule has 2 aromatic rings. The van der Waals surface area contributed by atoms with Gasteiger partial charge in [-0.05, 0) is 41.7 Å². The highest BCUT2D eigenvalue weighted by Gasteiger charge is 2.23. The van der Waals surface area contributed by atoms with Crippen LogP contribution < -0.4 is 5.73 Å². The van der Waals surface area contributed by atoms with Gasteiger partial charge >= 0.3 is 0 Å². The second kappa shape index (κ2) is 7.28. The number of aliphatic hydroxyl groups is 1. The van der Waals surface area contributed by atoms with Gasteiger partial charge in [-0.1, -0.05) is 60.5 Å². The van der Waals surface area contributed by atoms with Crippen molar-refractivity contribution in [3.05, 3.63) is 69.7 Å². The van der Waals surface area contributed by atoms with Crippen molar-refractivity contribution < 1.29 is 5.11 Å². The minimum absolute atomic E-state index is 0.0931. The van der Waals surface area contributed by atoms with Gasteiger partial charge in [-0.15, -0.1) is 0 Å². The summed E-state index contributed by atoms with van der Waals surface area (Å²) in [5, 5.41) is 11.8. The topological polar surface area (TPSA) is 46.2 Å². The molecule has 4 heteroatoms. The molecule has 0 aliphatic rings. The summed E-state index contributed by atoms with van der Waals surface area (Å²) in [5.41, 5.74) is 8.03.